The van der Waals surface area contributed by atoms with E-state index >= 15 is 0 Å². The van der Waals surface area contributed by atoms with Crippen molar-refractivity contribution in [1.29, 1.82) is 0 Å². The number of amides is 1. The van der Waals surface area contributed by atoms with E-state index in [0.29, 0.717) is 18.3 Å². The molecule has 0 unspecified atom stereocenters. The summed E-state index contributed by atoms with van der Waals surface area (Å²) in [6.45, 7) is 3.86. The first-order valence-corrected chi connectivity index (χ1v) is 9.73. The van der Waals surface area contributed by atoms with Gasteiger partial charge in [0.15, 0.2) is 5.96 Å². The Bertz CT molecular complexity index is 690. The summed E-state index contributed by atoms with van der Waals surface area (Å²) in [4.78, 5) is 17.3. The van der Waals surface area contributed by atoms with Gasteiger partial charge >= 0.3 is 0 Å². The Morgan fingerprint density at radius 3 is 2.69 bits per heavy atom. The van der Waals surface area contributed by atoms with Gasteiger partial charge in [0, 0.05) is 28.8 Å². The van der Waals surface area contributed by atoms with Gasteiger partial charge in [0.2, 0.25) is 5.91 Å². The van der Waals surface area contributed by atoms with Crippen molar-refractivity contribution in [3.63, 3.8) is 0 Å². The van der Waals surface area contributed by atoms with Crippen LogP contribution in [-0.4, -0.2) is 37.3 Å². The molecule has 26 heavy (non-hydrogen) atoms. The van der Waals surface area contributed by atoms with Crippen LogP contribution in [0.2, 0.25) is 5.02 Å². The van der Waals surface area contributed by atoms with Gasteiger partial charge in [-0.3, -0.25) is 4.79 Å². The normalized spacial score (nSPS) is 11.2. The van der Waals surface area contributed by atoms with E-state index in [1.54, 1.807) is 24.1 Å². The number of halogens is 1. The summed E-state index contributed by atoms with van der Waals surface area (Å²) < 4.78 is 5.17. The Hall–Kier alpha value is -2.12. The van der Waals surface area contributed by atoms with E-state index in [2.05, 4.69) is 20.9 Å². The van der Waals surface area contributed by atoms with Crippen molar-refractivity contribution in [2.75, 3.05) is 25.4 Å². The minimum absolute atomic E-state index is 0.0559. The number of thioether (sulfide) groups is 1. The lowest BCUT2D eigenvalue weighted by atomic mass is 10.4. The van der Waals surface area contributed by atoms with Gasteiger partial charge < -0.3 is 20.4 Å². The molecule has 0 bridgehead atoms. The van der Waals surface area contributed by atoms with Crippen molar-refractivity contribution in [3.05, 3.63) is 53.4 Å². The molecule has 3 N–H and O–H groups in total. The Kier molecular flexibility index (Phi) is 8.92. The van der Waals surface area contributed by atoms with Crippen LogP contribution in [0.25, 0.3) is 0 Å². The van der Waals surface area contributed by atoms with Gasteiger partial charge in [-0.05, 0) is 43.3 Å². The van der Waals surface area contributed by atoms with Gasteiger partial charge in [0.1, 0.15) is 12.3 Å². The minimum Gasteiger partial charge on any atom is -0.467 e. The molecule has 0 saturated carbocycles. The first-order valence-electron chi connectivity index (χ1n) is 8.37. The second kappa shape index (κ2) is 11.5. The smallest absolute Gasteiger partial charge is 0.242 e. The van der Waals surface area contributed by atoms with Crippen LogP contribution in [0.1, 0.15) is 12.7 Å². The van der Waals surface area contributed by atoms with Gasteiger partial charge in [-0.2, -0.15) is 0 Å². The maximum Gasteiger partial charge on any atom is 0.242 e. The Balaban J connectivity index is 1.69. The second-order valence-corrected chi connectivity index (χ2v) is 6.89. The topological polar surface area (TPSA) is 78.7 Å². The van der Waals surface area contributed by atoms with Crippen molar-refractivity contribution >= 4 is 35.2 Å². The van der Waals surface area contributed by atoms with E-state index in [9.17, 15) is 4.79 Å². The molecule has 6 nitrogen and oxygen atoms in total. The number of aliphatic imine (C=N–C) groups is 1. The zero-order valence-corrected chi connectivity index (χ0v) is 16.2. The van der Waals surface area contributed by atoms with E-state index in [-0.39, 0.29) is 12.5 Å². The number of furan rings is 1. The molecule has 0 atom stereocenters. The van der Waals surface area contributed by atoms with E-state index < -0.39 is 0 Å². The molecule has 1 aromatic heterocycles. The Morgan fingerprint density at radius 2 is 2.00 bits per heavy atom. The average molecular weight is 395 g/mol. The highest BCUT2D eigenvalue weighted by molar-refractivity contribution is 7.99. The lowest BCUT2D eigenvalue weighted by Crippen LogP contribution is -2.39. The molecule has 0 fully saturated rings. The third-order valence-corrected chi connectivity index (χ3v) is 4.51. The molecule has 1 heterocycles. The lowest BCUT2D eigenvalue weighted by molar-refractivity contribution is -0.119. The largest absolute Gasteiger partial charge is 0.467 e. The molecule has 2 rings (SSSR count). The summed E-state index contributed by atoms with van der Waals surface area (Å²) >= 11 is 7.60. The van der Waals surface area contributed by atoms with Crippen molar-refractivity contribution < 1.29 is 9.21 Å². The highest BCUT2D eigenvalue weighted by Crippen LogP contribution is 2.19. The van der Waals surface area contributed by atoms with E-state index in [0.717, 1.165) is 28.8 Å². The third kappa shape index (κ3) is 7.84. The fourth-order valence-electron chi connectivity index (χ4n) is 2.02. The van der Waals surface area contributed by atoms with E-state index in [1.165, 1.54) is 0 Å². The van der Waals surface area contributed by atoms with Crippen LogP contribution >= 0.6 is 23.4 Å². The molecule has 2 aromatic rings. The highest BCUT2D eigenvalue weighted by atomic mass is 35.5. The lowest BCUT2D eigenvalue weighted by Gasteiger charge is -2.11. The monoisotopic (exact) mass is 394 g/mol. The highest BCUT2D eigenvalue weighted by Gasteiger charge is 2.03. The standard InChI is InChI=1S/C18H23ClN4O2S/c1-2-20-18(21-9-11-26-16-7-5-14(19)6-8-16)23-13-17(24)22-12-15-4-3-10-25-15/h3-8,10H,2,9,11-13H2,1H3,(H,22,24)(H2,20,21,23). The summed E-state index contributed by atoms with van der Waals surface area (Å²) in [5.74, 6) is 2.05. The quantitative estimate of drug-likeness (QED) is 0.264. The number of rotatable bonds is 9. The summed E-state index contributed by atoms with van der Waals surface area (Å²) in [5.41, 5.74) is 0. The van der Waals surface area contributed by atoms with Crippen LogP contribution in [0.5, 0.6) is 0 Å². The number of guanidine groups is 1. The van der Waals surface area contributed by atoms with Gasteiger partial charge in [-0.15, -0.1) is 11.8 Å². The zero-order chi connectivity index (χ0) is 18.6. The average Bonchev–Trinajstić information content (AvgIpc) is 3.16. The van der Waals surface area contributed by atoms with Crippen molar-refractivity contribution in [1.82, 2.24) is 16.0 Å². The van der Waals surface area contributed by atoms with Crippen LogP contribution < -0.4 is 16.0 Å². The summed E-state index contributed by atoms with van der Waals surface area (Å²) in [5, 5.41) is 9.85. The number of hydrogen-bond acceptors (Lipinski definition) is 4. The number of nitrogens with one attached hydrogen (secondary N) is 3. The van der Waals surface area contributed by atoms with Gasteiger partial charge in [-0.25, -0.2) is 4.99 Å². The molecular formula is C18H23ClN4O2S. The number of hydrogen-bond donors (Lipinski definition) is 3. The number of benzene rings is 1. The van der Waals surface area contributed by atoms with E-state index in [1.807, 2.05) is 37.3 Å². The Morgan fingerprint density at radius 1 is 1.19 bits per heavy atom. The van der Waals surface area contributed by atoms with Gasteiger partial charge in [-0.1, -0.05) is 11.6 Å². The molecule has 0 aliphatic carbocycles. The molecule has 8 heteroatoms. The molecular weight excluding hydrogens is 372 g/mol. The van der Waals surface area contributed by atoms with Crippen molar-refractivity contribution in [2.45, 2.75) is 18.4 Å². The molecule has 0 aliphatic heterocycles. The van der Waals surface area contributed by atoms with Gasteiger partial charge in [0.05, 0.1) is 12.8 Å². The first kappa shape index (κ1) is 20.2. The molecule has 0 spiro atoms. The van der Waals surface area contributed by atoms with Crippen LogP contribution in [0.15, 0.2) is 57.0 Å². The van der Waals surface area contributed by atoms with E-state index in [4.69, 9.17) is 16.0 Å². The predicted octanol–water partition coefficient (Wildman–Crippen LogP) is 2.90. The molecule has 1 amide bonds. The van der Waals surface area contributed by atoms with Crippen molar-refractivity contribution in [3.8, 4) is 0 Å². The fourth-order valence-corrected chi connectivity index (χ4v) is 2.91. The van der Waals surface area contributed by atoms with Gasteiger partial charge in [0.25, 0.3) is 0 Å². The SMILES string of the molecule is CCNC(=NCC(=O)NCc1ccco1)NCCSc1ccc(Cl)cc1. The van der Waals surface area contributed by atoms with Crippen LogP contribution in [0, 0.1) is 0 Å². The fraction of sp³-hybridized carbons (Fsp3) is 0.333. The molecule has 0 aliphatic rings. The van der Waals surface area contributed by atoms with Crippen molar-refractivity contribution in [2.24, 2.45) is 4.99 Å². The maximum atomic E-state index is 11.9. The summed E-state index contributed by atoms with van der Waals surface area (Å²) in [6, 6.07) is 11.3. The zero-order valence-electron chi connectivity index (χ0n) is 14.6. The summed E-state index contributed by atoms with van der Waals surface area (Å²) in [7, 11) is 0. The maximum absolute atomic E-state index is 11.9. The number of carbonyl (C=O) groups is 1. The first-order chi connectivity index (χ1) is 12.7. The molecule has 0 saturated heterocycles. The molecule has 1 aromatic carbocycles. The second-order valence-electron chi connectivity index (χ2n) is 5.28. The van der Waals surface area contributed by atoms with Crippen LogP contribution in [0.3, 0.4) is 0 Å². The minimum atomic E-state index is -0.158. The number of nitrogens with zero attached hydrogens (tertiary/aromatic N) is 1. The number of carbonyl (C=O) groups excluding carboxylic acids is 1. The predicted molar refractivity (Wildman–Crippen MR) is 107 cm³/mol. The van der Waals surface area contributed by atoms with Crippen LogP contribution in [0.4, 0.5) is 0 Å². The Labute approximate surface area is 162 Å². The molecule has 0 radical (unpaired) electrons. The summed E-state index contributed by atoms with van der Waals surface area (Å²) in [6.07, 6.45) is 1.58. The molecule has 140 valence electrons. The third-order valence-electron chi connectivity index (χ3n) is 3.24. The van der Waals surface area contributed by atoms with Crippen LogP contribution in [-0.2, 0) is 11.3 Å².